The molecule has 22 heavy (non-hydrogen) atoms. The van der Waals surface area contributed by atoms with E-state index in [1.165, 1.54) is 0 Å². The quantitative estimate of drug-likeness (QED) is 0.656. The Morgan fingerprint density at radius 1 is 1.14 bits per heavy atom. The van der Waals surface area contributed by atoms with Gasteiger partial charge in [0.15, 0.2) is 0 Å². The van der Waals surface area contributed by atoms with Crippen LogP contribution in [0.4, 0.5) is 0 Å². The lowest BCUT2D eigenvalue weighted by Crippen LogP contribution is -2.28. The third kappa shape index (κ3) is 3.27. The molecule has 0 fully saturated rings. The van der Waals surface area contributed by atoms with Crippen LogP contribution in [0.15, 0.2) is 63.5 Å². The van der Waals surface area contributed by atoms with E-state index in [1.807, 2.05) is 47.3 Å². The maximum atomic E-state index is 12.7. The van der Waals surface area contributed by atoms with Gasteiger partial charge in [-0.05, 0) is 52.2 Å². The summed E-state index contributed by atoms with van der Waals surface area (Å²) in [5.41, 5.74) is 1.86. The van der Waals surface area contributed by atoms with E-state index in [0.717, 1.165) is 20.9 Å². The van der Waals surface area contributed by atoms with Crippen molar-refractivity contribution in [3.8, 4) is 0 Å². The number of carbonyl (C=O) groups excluding carboxylic acids is 1. The van der Waals surface area contributed by atoms with Gasteiger partial charge in [-0.3, -0.25) is 4.79 Å². The molecule has 0 aliphatic carbocycles. The molecule has 1 atom stereocenters. The highest BCUT2D eigenvalue weighted by Gasteiger charge is 2.20. The number of carbonyl (C=O) groups is 1. The van der Waals surface area contributed by atoms with Crippen molar-refractivity contribution >= 4 is 40.3 Å². The monoisotopic (exact) mass is 345 g/mol. The summed E-state index contributed by atoms with van der Waals surface area (Å²) < 4.78 is 0. The predicted octanol–water partition coefficient (Wildman–Crippen LogP) is 5.05. The lowest BCUT2D eigenvalue weighted by molar-refractivity contribution is 0.0940. The highest BCUT2D eigenvalue weighted by molar-refractivity contribution is 7.98. The third-order valence-corrected chi connectivity index (χ3v) is 5.77. The molecule has 0 aliphatic heterocycles. The summed E-state index contributed by atoms with van der Waals surface area (Å²) in [5.74, 6) is -0.0328. The second kappa shape index (κ2) is 7.13. The second-order valence-corrected chi connectivity index (χ2v) is 7.29. The van der Waals surface area contributed by atoms with Gasteiger partial charge in [0.25, 0.3) is 5.91 Å². The Bertz CT molecular complexity index is 701. The Balaban J connectivity index is 1.89. The molecule has 1 amide bonds. The Hall–Kier alpha value is -1.56. The number of rotatable bonds is 5. The summed E-state index contributed by atoms with van der Waals surface area (Å²) in [6, 6.07) is 13.8. The van der Waals surface area contributed by atoms with Gasteiger partial charge >= 0.3 is 0 Å². The van der Waals surface area contributed by atoms with Crippen LogP contribution in [-0.2, 0) is 0 Å². The molecule has 1 N–H and O–H groups in total. The first kappa shape index (κ1) is 15.3. The average Bonchev–Trinajstić information content (AvgIpc) is 3.25. The van der Waals surface area contributed by atoms with Crippen molar-refractivity contribution in [1.29, 1.82) is 0 Å². The minimum absolute atomic E-state index is 0.0328. The topological polar surface area (TPSA) is 29.1 Å². The highest BCUT2D eigenvalue weighted by Crippen LogP contribution is 2.28. The first-order valence-corrected chi connectivity index (χ1v) is 9.83. The number of hydrogen-bond donors (Lipinski definition) is 1. The number of thioether (sulfide) groups is 1. The third-order valence-electron chi connectivity index (χ3n) is 3.33. The summed E-state index contributed by atoms with van der Waals surface area (Å²) in [6.07, 6.45) is 1.99. The van der Waals surface area contributed by atoms with E-state index in [4.69, 9.17) is 0 Å². The van der Waals surface area contributed by atoms with E-state index in [1.54, 1.807) is 34.4 Å². The van der Waals surface area contributed by atoms with Crippen molar-refractivity contribution in [2.75, 3.05) is 6.26 Å². The minimum atomic E-state index is -0.0892. The zero-order valence-electron chi connectivity index (χ0n) is 12.0. The van der Waals surface area contributed by atoms with Crippen LogP contribution in [0.1, 0.15) is 26.8 Å². The summed E-state index contributed by atoms with van der Waals surface area (Å²) in [7, 11) is 0. The molecule has 0 radical (unpaired) electrons. The van der Waals surface area contributed by atoms with Gasteiger partial charge in [0.1, 0.15) is 0 Å². The first-order chi connectivity index (χ1) is 10.8. The number of hydrogen-bond acceptors (Lipinski definition) is 4. The fraction of sp³-hybridized carbons (Fsp3) is 0.118. The van der Waals surface area contributed by atoms with Crippen LogP contribution in [0.3, 0.4) is 0 Å². The number of nitrogens with one attached hydrogen (secondary N) is 1. The molecular weight excluding hydrogens is 330 g/mol. The van der Waals surface area contributed by atoms with Crippen LogP contribution in [0.25, 0.3) is 0 Å². The minimum Gasteiger partial charge on any atom is -0.340 e. The first-order valence-electron chi connectivity index (χ1n) is 6.79. The lowest BCUT2D eigenvalue weighted by atomic mass is 10.1. The van der Waals surface area contributed by atoms with Crippen molar-refractivity contribution in [2.45, 2.75) is 10.9 Å². The highest BCUT2D eigenvalue weighted by atomic mass is 32.2. The molecule has 1 unspecified atom stereocenters. The Morgan fingerprint density at radius 2 is 2.00 bits per heavy atom. The lowest BCUT2D eigenvalue weighted by Gasteiger charge is -2.17. The van der Waals surface area contributed by atoms with Crippen molar-refractivity contribution in [3.63, 3.8) is 0 Å². The van der Waals surface area contributed by atoms with Crippen LogP contribution >= 0.6 is 34.4 Å². The Labute approximate surface area is 142 Å². The van der Waals surface area contributed by atoms with Gasteiger partial charge in [-0.1, -0.05) is 18.2 Å². The molecule has 0 saturated carbocycles. The summed E-state index contributed by atoms with van der Waals surface area (Å²) >= 11 is 4.90. The molecular formula is C17H15NOS3. The normalized spacial score (nSPS) is 12.0. The van der Waals surface area contributed by atoms with Gasteiger partial charge < -0.3 is 5.32 Å². The SMILES string of the molecule is CSc1ccccc1C(=O)NC(c1ccsc1)c1cccs1. The standard InChI is InChI=1S/C17H15NOS3/c1-20-14-6-3-2-5-13(14)17(19)18-16(12-8-10-21-11-12)15-7-4-9-22-15/h2-11,16H,1H3,(H,18,19). The van der Waals surface area contributed by atoms with Gasteiger partial charge in [0, 0.05) is 9.77 Å². The molecule has 0 spiro atoms. The molecule has 2 aromatic heterocycles. The molecule has 5 heteroatoms. The molecule has 0 aliphatic rings. The van der Waals surface area contributed by atoms with Gasteiger partial charge in [-0.25, -0.2) is 0 Å². The molecule has 3 aromatic rings. The Kier molecular flexibility index (Phi) is 4.97. The van der Waals surface area contributed by atoms with Crippen molar-refractivity contribution in [3.05, 3.63) is 74.6 Å². The largest absolute Gasteiger partial charge is 0.340 e. The molecule has 112 valence electrons. The number of benzene rings is 1. The van der Waals surface area contributed by atoms with Crippen LogP contribution in [0.2, 0.25) is 0 Å². The smallest absolute Gasteiger partial charge is 0.253 e. The van der Waals surface area contributed by atoms with E-state index in [2.05, 4.69) is 22.8 Å². The molecule has 0 bridgehead atoms. The van der Waals surface area contributed by atoms with E-state index in [9.17, 15) is 4.79 Å². The van der Waals surface area contributed by atoms with E-state index in [0.29, 0.717) is 0 Å². The van der Waals surface area contributed by atoms with Crippen LogP contribution in [-0.4, -0.2) is 12.2 Å². The fourth-order valence-electron chi connectivity index (χ4n) is 2.25. The average molecular weight is 346 g/mol. The van der Waals surface area contributed by atoms with Crippen LogP contribution < -0.4 is 5.32 Å². The molecule has 0 saturated heterocycles. The van der Waals surface area contributed by atoms with Crippen molar-refractivity contribution in [2.24, 2.45) is 0 Å². The van der Waals surface area contributed by atoms with E-state index < -0.39 is 0 Å². The van der Waals surface area contributed by atoms with E-state index >= 15 is 0 Å². The molecule has 3 rings (SSSR count). The summed E-state index contributed by atoms with van der Waals surface area (Å²) in [5, 5.41) is 9.34. The maximum absolute atomic E-state index is 12.7. The fourth-order valence-corrected chi connectivity index (χ4v) is 4.34. The summed E-state index contributed by atoms with van der Waals surface area (Å²) in [4.78, 5) is 14.9. The van der Waals surface area contributed by atoms with Gasteiger partial charge in [0.05, 0.1) is 11.6 Å². The molecule has 2 heterocycles. The van der Waals surface area contributed by atoms with Gasteiger partial charge in [-0.15, -0.1) is 23.1 Å². The van der Waals surface area contributed by atoms with Crippen LogP contribution in [0.5, 0.6) is 0 Å². The van der Waals surface area contributed by atoms with Crippen LogP contribution in [0, 0.1) is 0 Å². The zero-order chi connectivity index (χ0) is 15.4. The Morgan fingerprint density at radius 3 is 2.68 bits per heavy atom. The molecule has 1 aromatic carbocycles. The molecule has 2 nitrogen and oxygen atoms in total. The maximum Gasteiger partial charge on any atom is 0.253 e. The predicted molar refractivity (Wildman–Crippen MR) is 96.2 cm³/mol. The van der Waals surface area contributed by atoms with Crippen molar-refractivity contribution in [1.82, 2.24) is 5.32 Å². The second-order valence-electron chi connectivity index (χ2n) is 4.68. The number of amides is 1. The van der Waals surface area contributed by atoms with Crippen molar-refractivity contribution < 1.29 is 4.79 Å². The summed E-state index contributed by atoms with van der Waals surface area (Å²) in [6.45, 7) is 0. The zero-order valence-corrected chi connectivity index (χ0v) is 14.4. The number of thiophene rings is 2. The van der Waals surface area contributed by atoms with Gasteiger partial charge in [-0.2, -0.15) is 11.3 Å². The van der Waals surface area contributed by atoms with E-state index in [-0.39, 0.29) is 11.9 Å². The van der Waals surface area contributed by atoms with Gasteiger partial charge in [0.2, 0.25) is 0 Å².